The number of hydrogen-bond acceptors (Lipinski definition) is 5. The zero-order valence-corrected chi connectivity index (χ0v) is 13.0. The van der Waals surface area contributed by atoms with Crippen molar-refractivity contribution in [3.63, 3.8) is 0 Å². The van der Waals surface area contributed by atoms with Gasteiger partial charge in [0.2, 0.25) is 11.7 Å². The minimum absolute atomic E-state index is 0.361. The van der Waals surface area contributed by atoms with Crippen LogP contribution in [0.25, 0.3) is 11.4 Å². The van der Waals surface area contributed by atoms with Crippen LogP contribution < -0.4 is 0 Å². The Balaban J connectivity index is 1.67. The quantitative estimate of drug-likeness (QED) is 0.856. The van der Waals surface area contributed by atoms with Crippen molar-refractivity contribution in [3.8, 4) is 11.4 Å². The molecular formula is C16H20N2O2S. The van der Waals surface area contributed by atoms with Crippen LogP contribution in [-0.2, 0) is 6.42 Å². The third-order valence-corrected chi connectivity index (χ3v) is 4.89. The number of nitrogens with zero attached hydrogens (tertiary/aromatic N) is 2. The molecule has 0 aliphatic heterocycles. The van der Waals surface area contributed by atoms with Crippen molar-refractivity contribution in [2.45, 2.75) is 43.1 Å². The number of hydrogen-bond donors (Lipinski definition) is 1. The van der Waals surface area contributed by atoms with E-state index < -0.39 is 0 Å². The van der Waals surface area contributed by atoms with Gasteiger partial charge in [-0.2, -0.15) is 4.98 Å². The van der Waals surface area contributed by atoms with Crippen molar-refractivity contribution >= 4 is 11.8 Å². The predicted molar refractivity (Wildman–Crippen MR) is 83.2 cm³/mol. The van der Waals surface area contributed by atoms with Crippen LogP contribution in [0.15, 0.2) is 33.7 Å². The third kappa shape index (κ3) is 3.47. The van der Waals surface area contributed by atoms with Crippen molar-refractivity contribution in [2.75, 3.05) is 6.26 Å². The summed E-state index contributed by atoms with van der Waals surface area (Å²) in [4.78, 5) is 5.61. The van der Waals surface area contributed by atoms with Gasteiger partial charge in [-0.05, 0) is 49.3 Å². The van der Waals surface area contributed by atoms with Crippen LogP contribution in [0.5, 0.6) is 0 Å². The van der Waals surface area contributed by atoms with Gasteiger partial charge in [-0.25, -0.2) is 0 Å². The fraction of sp³-hybridized carbons (Fsp3) is 0.500. The number of benzene rings is 1. The van der Waals surface area contributed by atoms with E-state index in [0.717, 1.165) is 18.4 Å². The predicted octanol–water partition coefficient (Wildman–Crippen LogP) is 3.55. The number of aliphatic hydroxyl groups excluding tert-OH is 1. The second kappa shape index (κ2) is 6.62. The standard InChI is InChI=1S/C16H20N2O2S/c1-21-13-8-6-12(7-9-13)16-17-15(20-18-16)10-14(19)11-4-2-3-5-11/h6-9,11,14,19H,2-5,10H2,1H3. The lowest BCUT2D eigenvalue weighted by atomic mass is 9.98. The Morgan fingerprint density at radius 3 is 2.67 bits per heavy atom. The van der Waals surface area contributed by atoms with Crippen LogP contribution in [0.1, 0.15) is 31.6 Å². The molecular weight excluding hydrogens is 284 g/mol. The lowest BCUT2D eigenvalue weighted by molar-refractivity contribution is 0.102. The SMILES string of the molecule is CSc1ccc(-c2noc(CC(O)C3CCCC3)n2)cc1. The molecule has 21 heavy (non-hydrogen) atoms. The average molecular weight is 304 g/mol. The van der Waals surface area contributed by atoms with E-state index >= 15 is 0 Å². The van der Waals surface area contributed by atoms with E-state index in [2.05, 4.69) is 10.1 Å². The Kier molecular flexibility index (Phi) is 4.60. The molecule has 0 saturated heterocycles. The van der Waals surface area contributed by atoms with E-state index in [1.165, 1.54) is 17.7 Å². The van der Waals surface area contributed by atoms with Gasteiger partial charge in [0.15, 0.2) is 0 Å². The Morgan fingerprint density at radius 2 is 2.00 bits per heavy atom. The highest BCUT2D eigenvalue weighted by atomic mass is 32.2. The van der Waals surface area contributed by atoms with Crippen molar-refractivity contribution in [1.82, 2.24) is 10.1 Å². The van der Waals surface area contributed by atoms with Gasteiger partial charge in [0.25, 0.3) is 0 Å². The van der Waals surface area contributed by atoms with Crippen molar-refractivity contribution in [3.05, 3.63) is 30.2 Å². The topological polar surface area (TPSA) is 59.2 Å². The summed E-state index contributed by atoms with van der Waals surface area (Å²) in [5, 5.41) is 14.2. The van der Waals surface area contributed by atoms with Crippen LogP contribution in [0.2, 0.25) is 0 Å². The summed E-state index contributed by atoms with van der Waals surface area (Å²) < 4.78 is 5.28. The molecule has 1 N–H and O–H groups in total. The van der Waals surface area contributed by atoms with Gasteiger partial charge in [0.05, 0.1) is 12.5 Å². The molecule has 1 aliphatic rings. The number of aromatic nitrogens is 2. The molecule has 1 aliphatic carbocycles. The second-order valence-corrected chi connectivity index (χ2v) is 6.44. The van der Waals surface area contributed by atoms with Crippen LogP contribution >= 0.6 is 11.8 Å². The minimum Gasteiger partial charge on any atom is -0.392 e. The van der Waals surface area contributed by atoms with Crippen LogP contribution in [0, 0.1) is 5.92 Å². The summed E-state index contributed by atoms with van der Waals surface area (Å²) >= 11 is 1.70. The first-order valence-electron chi connectivity index (χ1n) is 7.41. The van der Waals surface area contributed by atoms with Gasteiger partial charge in [-0.15, -0.1) is 11.8 Å². The van der Waals surface area contributed by atoms with E-state index in [0.29, 0.717) is 24.1 Å². The van der Waals surface area contributed by atoms with E-state index in [9.17, 15) is 5.11 Å². The van der Waals surface area contributed by atoms with E-state index in [1.807, 2.05) is 30.5 Å². The number of thioether (sulfide) groups is 1. The number of rotatable bonds is 5. The van der Waals surface area contributed by atoms with E-state index in [4.69, 9.17) is 4.52 Å². The molecule has 1 saturated carbocycles. The van der Waals surface area contributed by atoms with Crippen LogP contribution in [-0.4, -0.2) is 27.6 Å². The summed E-state index contributed by atoms with van der Waals surface area (Å²) in [6.45, 7) is 0. The highest BCUT2D eigenvalue weighted by molar-refractivity contribution is 7.98. The zero-order chi connectivity index (χ0) is 14.7. The second-order valence-electron chi connectivity index (χ2n) is 5.56. The normalized spacial score (nSPS) is 17.2. The summed E-state index contributed by atoms with van der Waals surface area (Å²) in [6, 6.07) is 8.08. The molecule has 5 heteroatoms. The first-order valence-corrected chi connectivity index (χ1v) is 8.64. The smallest absolute Gasteiger partial charge is 0.229 e. The molecule has 1 unspecified atom stereocenters. The summed E-state index contributed by atoms with van der Waals surface area (Å²) in [5.74, 6) is 1.51. The van der Waals surface area contributed by atoms with Crippen molar-refractivity contribution < 1.29 is 9.63 Å². The fourth-order valence-corrected chi connectivity index (χ4v) is 3.29. The van der Waals surface area contributed by atoms with Gasteiger partial charge >= 0.3 is 0 Å². The maximum Gasteiger partial charge on any atom is 0.229 e. The minimum atomic E-state index is -0.361. The van der Waals surface area contributed by atoms with Gasteiger partial charge in [-0.1, -0.05) is 18.0 Å². The van der Waals surface area contributed by atoms with Crippen molar-refractivity contribution in [2.24, 2.45) is 5.92 Å². The molecule has 1 heterocycles. The molecule has 1 atom stereocenters. The third-order valence-electron chi connectivity index (χ3n) is 4.14. The molecule has 1 aromatic heterocycles. The number of aliphatic hydroxyl groups is 1. The van der Waals surface area contributed by atoms with E-state index in [1.54, 1.807) is 11.8 Å². The molecule has 0 amide bonds. The summed E-state index contributed by atoms with van der Waals surface area (Å²) in [6.07, 6.45) is 6.81. The van der Waals surface area contributed by atoms with Crippen molar-refractivity contribution in [1.29, 1.82) is 0 Å². The lowest BCUT2D eigenvalue weighted by Crippen LogP contribution is -2.20. The monoisotopic (exact) mass is 304 g/mol. The first kappa shape index (κ1) is 14.6. The van der Waals surface area contributed by atoms with Gasteiger partial charge in [-0.3, -0.25) is 0 Å². The van der Waals surface area contributed by atoms with Crippen LogP contribution in [0.3, 0.4) is 0 Å². The summed E-state index contributed by atoms with van der Waals surface area (Å²) in [7, 11) is 0. The Bertz CT molecular complexity index is 576. The molecule has 3 rings (SSSR count). The molecule has 4 nitrogen and oxygen atoms in total. The molecule has 1 fully saturated rings. The molecule has 0 spiro atoms. The zero-order valence-electron chi connectivity index (χ0n) is 12.2. The lowest BCUT2D eigenvalue weighted by Gasteiger charge is -2.14. The van der Waals surface area contributed by atoms with Crippen LogP contribution in [0.4, 0.5) is 0 Å². The van der Waals surface area contributed by atoms with Gasteiger partial charge in [0.1, 0.15) is 0 Å². The van der Waals surface area contributed by atoms with E-state index in [-0.39, 0.29) is 6.10 Å². The van der Waals surface area contributed by atoms with Gasteiger partial charge in [0, 0.05) is 10.5 Å². The Labute approximate surface area is 129 Å². The molecule has 112 valence electrons. The Morgan fingerprint density at radius 1 is 1.29 bits per heavy atom. The molecule has 0 radical (unpaired) electrons. The largest absolute Gasteiger partial charge is 0.392 e. The first-order chi connectivity index (χ1) is 10.3. The maximum absolute atomic E-state index is 10.2. The molecule has 1 aromatic carbocycles. The Hall–Kier alpha value is -1.33. The maximum atomic E-state index is 10.2. The average Bonchev–Trinajstić information content (AvgIpc) is 3.19. The molecule has 0 bridgehead atoms. The summed E-state index contributed by atoms with van der Waals surface area (Å²) in [5.41, 5.74) is 0.943. The highest BCUT2D eigenvalue weighted by Crippen LogP contribution is 2.29. The fourth-order valence-electron chi connectivity index (χ4n) is 2.88. The highest BCUT2D eigenvalue weighted by Gasteiger charge is 2.25. The molecule has 2 aromatic rings. The van der Waals surface area contributed by atoms with Gasteiger partial charge < -0.3 is 9.63 Å².